The van der Waals surface area contributed by atoms with Crippen molar-refractivity contribution in [1.82, 2.24) is 4.90 Å². The Labute approximate surface area is 167 Å². The highest BCUT2D eigenvalue weighted by Gasteiger charge is 2.40. The molecule has 4 heteroatoms. The number of hydrogen-bond acceptors (Lipinski definition) is 2. The molecule has 1 spiro atoms. The van der Waals surface area contributed by atoms with Crippen molar-refractivity contribution in [2.45, 2.75) is 38.6 Å². The van der Waals surface area contributed by atoms with E-state index in [-0.39, 0.29) is 5.41 Å². The first kappa shape index (κ1) is 18.5. The Morgan fingerprint density at radius 3 is 2.85 bits per heavy atom. The topological polar surface area (TPSA) is 27.6 Å². The maximum absolute atomic E-state index is 6.16. The third kappa shape index (κ3) is 4.20. The number of fused-ring (bicyclic) bond motifs is 1. The average Bonchev–Trinajstić information content (AvgIpc) is 2.67. The Balaban J connectivity index is 1.67. The summed E-state index contributed by atoms with van der Waals surface area (Å²) in [6.45, 7) is 3.00. The van der Waals surface area contributed by atoms with E-state index in [1.165, 1.54) is 37.1 Å². The van der Waals surface area contributed by atoms with E-state index >= 15 is 0 Å². The molecule has 2 aromatic rings. The molecule has 1 saturated heterocycles. The number of halogens is 1. The molecule has 0 aromatic heterocycles. The van der Waals surface area contributed by atoms with Crippen LogP contribution >= 0.6 is 11.6 Å². The van der Waals surface area contributed by atoms with Gasteiger partial charge in [-0.2, -0.15) is 0 Å². The van der Waals surface area contributed by atoms with Gasteiger partial charge in [0.05, 0.1) is 6.54 Å². The van der Waals surface area contributed by atoms with Crippen LogP contribution in [0.4, 0.5) is 5.69 Å². The molecule has 1 N–H and O–H groups in total. The van der Waals surface area contributed by atoms with Crippen LogP contribution in [-0.2, 0) is 13.0 Å². The first-order chi connectivity index (χ1) is 13.1. The minimum absolute atomic E-state index is 0.113. The lowest BCUT2D eigenvalue weighted by Gasteiger charge is -2.42. The smallest absolute Gasteiger partial charge is 0.108 e. The highest BCUT2D eigenvalue weighted by molar-refractivity contribution is 6.30. The minimum Gasteiger partial charge on any atom is -0.343 e. The highest BCUT2D eigenvalue weighted by Crippen LogP contribution is 2.42. The predicted molar refractivity (Wildman–Crippen MR) is 115 cm³/mol. The summed E-state index contributed by atoms with van der Waals surface area (Å²) >= 11 is 6.16. The van der Waals surface area contributed by atoms with Crippen molar-refractivity contribution in [3.05, 3.63) is 64.7 Å². The monoisotopic (exact) mass is 381 g/mol. The lowest BCUT2D eigenvalue weighted by molar-refractivity contribution is 0.221. The van der Waals surface area contributed by atoms with E-state index < -0.39 is 0 Å². The van der Waals surface area contributed by atoms with Gasteiger partial charge in [-0.05, 0) is 75.1 Å². The second kappa shape index (κ2) is 8.04. The van der Waals surface area contributed by atoms with Crippen molar-refractivity contribution < 1.29 is 0 Å². The van der Waals surface area contributed by atoms with Gasteiger partial charge in [-0.3, -0.25) is 4.99 Å². The molecule has 2 aromatic carbocycles. The quantitative estimate of drug-likeness (QED) is 0.754. The molecule has 1 atom stereocenters. The molecule has 27 heavy (non-hydrogen) atoms. The predicted octanol–water partition coefficient (Wildman–Crippen LogP) is 5.40. The summed E-state index contributed by atoms with van der Waals surface area (Å²) in [5, 5.41) is 4.48. The number of benzene rings is 2. The fraction of sp³-hybridized carbons (Fsp3) is 0.435. The fourth-order valence-electron chi connectivity index (χ4n) is 4.42. The van der Waals surface area contributed by atoms with E-state index in [9.17, 15) is 0 Å². The van der Waals surface area contributed by atoms with Crippen LogP contribution in [0.1, 0.15) is 36.8 Å². The molecule has 0 bridgehead atoms. The van der Waals surface area contributed by atoms with Gasteiger partial charge in [0.25, 0.3) is 0 Å². The van der Waals surface area contributed by atoms with Crippen molar-refractivity contribution >= 4 is 23.1 Å². The largest absolute Gasteiger partial charge is 0.343 e. The van der Waals surface area contributed by atoms with Crippen LogP contribution < -0.4 is 5.32 Å². The van der Waals surface area contributed by atoms with Crippen LogP contribution in [0.5, 0.6) is 0 Å². The molecule has 2 aliphatic rings. The van der Waals surface area contributed by atoms with Crippen molar-refractivity contribution in [2.75, 3.05) is 25.5 Å². The summed E-state index contributed by atoms with van der Waals surface area (Å²) in [5.41, 5.74) is 3.90. The Bertz CT molecular complexity index is 832. The minimum atomic E-state index is 0.113. The Kier molecular flexibility index (Phi) is 5.51. The molecule has 4 rings (SSSR count). The molecule has 1 fully saturated rings. The van der Waals surface area contributed by atoms with Crippen LogP contribution in [-0.4, -0.2) is 30.9 Å². The van der Waals surface area contributed by atoms with Crippen LogP contribution in [0, 0.1) is 5.41 Å². The van der Waals surface area contributed by atoms with Gasteiger partial charge in [-0.25, -0.2) is 0 Å². The van der Waals surface area contributed by atoms with Crippen LogP contribution in [0.15, 0.2) is 53.5 Å². The summed E-state index contributed by atoms with van der Waals surface area (Å²) in [6.07, 6.45) is 5.96. The summed E-state index contributed by atoms with van der Waals surface area (Å²) < 4.78 is 0. The molecule has 3 nitrogen and oxygen atoms in total. The second-order valence-corrected chi connectivity index (χ2v) is 8.48. The maximum Gasteiger partial charge on any atom is 0.108 e. The summed E-state index contributed by atoms with van der Waals surface area (Å²) in [6, 6.07) is 16.7. The first-order valence-corrected chi connectivity index (χ1v) is 10.4. The third-order valence-corrected chi connectivity index (χ3v) is 6.26. The number of aliphatic imine (C=N–C) groups is 1. The number of amidine groups is 1. The van der Waals surface area contributed by atoms with E-state index in [1.54, 1.807) is 0 Å². The molecular weight excluding hydrogens is 354 g/mol. The first-order valence-electron chi connectivity index (χ1n) is 9.97. The molecule has 0 aliphatic carbocycles. The second-order valence-electron chi connectivity index (χ2n) is 8.04. The lowest BCUT2D eigenvalue weighted by atomic mass is 9.70. The molecule has 0 amide bonds. The van der Waals surface area contributed by atoms with Crippen LogP contribution in [0.2, 0.25) is 5.02 Å². The molecule has 0 saturated carbocycles. The molecule has 142 valence electrons. The van der Waals surface area contributed by atoms with E-state index in [0.29, 0.717) is 6.54 Å². The number of likely N-dealkylation sites (tertiary alicyclic amines) is 1. The number of rotatable bonds is 2. The fourth-order valence-corrected chi connectivity index (χ4v) is 4.63. The number of nitrogens with zero attached hydrogens (tertiary/aromatic N) is 2. The van der Waals surface area contributed by atoms with Crippen molar-refractivity contribution in [3.8, 4) is 0 Å². The molecule has 0 radical (unpaired) electrons. The molecular formula is C23H28ClN3. The standard InChI is InChI=1S/C23H28ClN3/c1-27-13-5-4-11-23(12-14-27)16-19-8-2-3-10-21(19)26-22(23)25-17-18-7-6-9-20(24)15-18/h2-3,6-10,15H,4-5,11-14,16-17H2,1H3,(H,25,26). The Morgan fingerprint density at radius 1 is 1.07 bits per heavy atom. The Morgan fingerprint density at radius 2 is 1.96 bits per heavy atom. The zero-order chi connectivity index (χ0) is 18.7. The number of para-hydroxylation sites is 1. The van der Waals surface area contributed by atoms with Crippen molar-refractivity contribution in [1.29, 1.82) is 0 Å². The van der Waals surface area contributed by atoms with E-state index in [2.05, 4.69) is 47.6 Å². The van der Waals surface area contributed by atoms with Crippen molar-refractivity contribution in [2.24, 2.45) is 10.4 Å². The average molecular weight is 382 g/mol. The van der Waals surface area contributed by atoms with Gasteiger partial charge in [0.15, 0.2) is 0 Å². The third-order valence-electron chi connectivity index (χ3n) is 6.03. The summed E-state index contributed by atoms with van der Waals surface area (Å²) in [5.74, 6) is 1.16. The lowest BCUT2D eigenvalue weighted by Crippen LogP contribution is -2.45. The van der Waals surface area contributed by atoms with Gasteiger partial charge in [0.2, 0.25) is 0 Å². The van der Waals surface area contributed by atoms with Gasteiger partial charge in [-0.1, -0.05) is 48.4 Å². The van der Waals surface area contributed by atoms with Gasteiger partial charge < -0.3 is 10.2 Å². The number of nitrogens with one attached hydrogen (secondary N) is 1. The highest BCUT2D eigenvalue weighted by atomic mass is 35.5. The van der Waals surface area contributed by atoms with E-state index in [1.807, 2.05) is 18.2 Å². The zero-order valence-corrected chi connectivity index (χ0v) is 16.8. The van der Waals surface area contributed by atoms with E-state index in [4.69, 9.17) is 16.6 Å². The molecule has 2 heterocycles. The van der Waals surface area contributed by atoms with Crippen molar-refractivity contribution in [3.63, 3.8) is 0 Å². The van der Waals surface area contributed by atoms with Gasteiger partial charge >= 0.3 is 0 Å². The maximum atomic E-state index is 6.16. The van der Waals surface area contributed by atoms with Crippen LogP contribution in [0.3, 0.4) is 0 Å². The number of anilines is 1. The Hall–Kier alpha value is -1.84. The van der Waals surface area contributed by atoms with Gasteiger partial charge in [0.1, 0.15) is 5.84 Å². The van der Waals surface area contributed by atoms with Gasteiger partial charge in [-0.15, -0.1) is 0 Å². The van der Waals surface area contributed by atoms with E-state index in [0.717, 1.165) is 35.8 Å². The SMILES string of the molecule is CN1CCCCC2(CC1)Cc1ccccc1NC2=NCc1cccc(Cl)c1. The molecule has 1 unspecified atom stereocenters. The zero-order valence-electron chi connectivity index (χ0n) is 16.0. The summed E-state index contributed by atoms with van der Waals surface area (Å²) in [7, 11) is 2.24. The molecule has 2 aliphatic heterocycles. The summed E-state index contributed by atoms with van der Waals surface area (Å²) in [4.78, 5) is 7.56. The normalized spacial score (nSPS) is 24.9. The van der Waals surface area contributed by atoms with Crippen LogP contribution in [0.25, 0.3) is 0 Å². The van der Waals surface area contributed by atoms with Gasteiger partial charge in [0, 0.05) is 16.1 Å². The number of hydrogen-bond donors (Lipinski definition) is 1.